The van der Waals surface area contributed by atoms with Gasteiger partial charge in [-0.1, -0.05) is 13.8 Å². The van der Waals surface area contributed by atoms with Gasteiger partial charge in [0.1, 0.15) is 0 Å². The zero-order valence-corrected chi connectivity index (χ0v) is 13.5. The lowest BCUT2D eigenvalue weighted by Gasteiger charge is -2.31. The minimum absolute atomic E-state index is 0.196. The second-order valence-corrected chi connectivity index (χ2v) is 6.56. The van der Waals surface area contributed by atoms with Crippen LogP contribution in [0.1, 0.15) is 39.5 Å². The number of carbonyl (C=O) groups excluding carboxylic acids is 1. The average Bonchev–Trinajstić information content (AvgIpc) is 3.13. The number of carbonyl (C=O) groups is 1. The summed E-state index contributed by atoms with van der Waals surface area (Å²) in [5.41, 5.74) is -0.224. The Hall–Kier alpha value is -0.650. The molecule has 2 aliphatic rings. The van der Waals surface area contributed by atoms with Crippen LogP contribution in [0.15, 0.2) is 0 Å². The van der Waals surface area contributed by atoms with Crippen molar-refractivity contribution in [2.75, 3.05) is 39.5 Å². The van der Waals surface area contributed by atoms with E-state index >= 15 is 0 Å². The third kappa shape index (κ3) is 4.41. The Balaban J connectivity index is 1.58. The Morgan fingerprint density at radius 3 is 3.00 bits per heavy atom. The van der Waals surface area contributed by atoms with E-state index in [1.807, 2.05) is 0 Å². The van der Waals surface area contributed by atoms with Crippen LogP contribution in [0.4, 0.5) is 0 Å². The molecule has 0 bridgehead atoms. The third-order valence-electron chi connectivity index (χ3n) is 4.82. The van der Waals surface area contributed by atoms with Crippen molar-refractivity contribution in [2.24, 2.45) is 11.3 Å². The Morgan fingerprint density at radius 1 is 1.52 bits per heavy atom. The van der Waals surface area contributed by atoms with E-state index in [0.717, 1.165) is 45.4 Å². The van der Waals surface area contributed by atoms with Gasteiger partial charge in [0, 0.05) is 26.3 Å². The fourth-order valence-corrected chi connectivity index (χ4v) is 3.20. The van der Waals surface area contributed by atoms with E-state index in [1.165, 1.54) is 0 Å². The van der Waals surface area contributed by atoms with E-state index in [9.17, 15) is 4.79 Å². The van der Waals surface area contributed by atoms with Crippen LogP contribution in [0.25, 0.3) is 0 Å². The molecule has 21 heavy (non-hydrogen) atoms. The zero-order chi connectivity index (χ0) is 15.1. The summed E-state index contributed by atoms with van der Waals surface area (Å²) < 4.78 is 11.1. The summed E-state index contributed by atoms with van der Waals surface area (Å²) in [5.74, 6) is 0.560. The first kappa shape index (κ1) is 16.7. The first-order valence-corrected chi connectivity index (χ1v) is 8.33. The molecule has 0 aromatic carbocycles. The van der Waals surface area contributed by atoms with Gasteiger partial charge in [-0.2, -0.15) is 0 Å². The molecule has 0 saturated carbocycles. The summed E-state index contributed by atoms with van der Waals surface area (Å²) in [7, 11) is 0. The molecular formula is C16H30N2O3. The van der Waals surface area contributed by atoms with Crippen molar-refractivity contribution in [1.82, 2.24) is 10.6 Å². The molecule has 122 valence electrons. The SMILES string of the molecule is CC(C)C1(C(=O)NCCCOCC2CCCO2)CCNC1. The van der Waals surface area contributed by atoms with E-state index in [1.54, 1.807) is 0 Å². The lowest BCUT2D eigenvalue weighted by Crippen LogP contribution is -2.46. The van der Waals surface area contributed by atoms with Crippen molar-refractivity contribution in [1.29, 1.82) is 0 Å². The summed E-state index contributed by atoms with van der Waals surface area (Å²) in [6, 6.07) is 0. The predicted octanol–water partition coefficient (Wildman–Crippen LogP) is 1.32. The molecule has 2 rings (SSSR count). The highest BCUT2D eigenvalue weighted by Gasteiger charge is 2.43. The highest BCUT2D eigenvalue weighted by molar-refractivity contribution is 5.83. The maximum atomic E-state index is 12.4. The van der Waals surface area contributed by atoms with Gasteiger partial charge < -0.3 is 20.1 Å². The summed E-state index contributed by atoms with van der Waals surface area (Å²) in [5, 5.41) is 6.40. The van der Waals surface area contributed by atoms with Crippen LogP contribution < -0.4 is 10.6 Å². The fraction of sp³-hybridized carbons (Fsp3) is 0.938. The Bertz CT molecular complexity index is 321. The predicted molar refractivity (Wildman–Crippen MR) is 82.2 cm³/mol. The van der Waals surface area contributed by atoms with Crippen LogP contribution in [-0.2, 0) is 14.3 Å². The zero-order valence-electron chi connectivity index (χ0n) is 13.5. The lowest BCUT2D eigenvalue weighted by molar-refractivity contribution is -0.132. The van der Waals surface area contributed by atoms with Gasteiger partial charge in [-0.3, -0.25) is 4.79 Å². The molecule has 0 radical (unpaired) electrons. The monoisotopic (exact) mass is 298 g/mol. The number of nitrogens with one attached hydrogen (secondary N) is 2. The Labute approximate surface area is 128 Å². The van der Waals surface area contributed by atoms with Gasteiger partial charge in [-0.25, -0.2) is 0 Å². The minimum Gasteiger partial charge on any atom is -0.379 e. The maximum Gasteiger partial charge on any atom is 0.227 e. The molecular weight excluding hydrogens is 268 g/mol. The second kappa shape index (κ2) is 8.11. The molecule has 2 N–H and O–H groups in total. The van der Waals surface area contributed by atoms with Crippen LogP contribution in [0, 0.1) is 11.3 Å². The van der Waals surface area contributed by atoms with Crippen molar-refractivity contribution in [2.45, 2.75) is 45.6 Å². The molecule has 2 unspecified atom stereocenters. The Morgan fingerprint density at radius 2 is 2.38 bits per heavy atom. The molecule has 5 nitrogen and oxygen atoms in total. The van der Waals surface area contributed by atoms with Crippen molar-refractivity contribution in [3.05, 3.63) is 0 Å². The van der Waals surface area contributed by atoms with Gasteiger partial charge in [0.25, 0.3) is 0 Å². The van der Waals surface area contributed by atoms with Crippen molar-refractivity contribution in [3.63, 3.8) is 0 Å². The van der Waals surface area contributed by atoms with E-state index in [4.69, 9.17) is 9.47 Å². The number of hydrogen-bond acceptors (Lipinski definition) is 4. The molecule has 2 aliphatic heterocycles. The number of hydrogen-bond donors (Lipinski definition) is 2. The molecule has 0 aromatic rings. The molecule has 5 heteroatoms. The molecule has 0 spiro atoms. The minimum atomic E-state index is -0.224. The quantitative estimate of drug-likeness (QED) is 0.664. The van der Waals surface area contributed by atoms with Crippen molar-refractivity contribution >= 4 is 5.91 Å². The molecule has 0 aliphatic carbocycles. The van der Waals surface area contributed by atoms with E-state index in [-0.39, 0.29) is 17.4 Å². The van der Waals surface area contributed by atoms with Crippen LogP contribution >= 0.6 is 0 Å². The number of rotatable bonds is 8. The van der Waals surface area contributed by atoms with Gasteiger partial charge in [0.05, 0.1) is 18.1 Å². The standard InChI is InChI=1S/C16H30N2O3/c1-13(2)16(6-8-17-12-16)15(19)18-7-4-9-20-11-14-5-3-10-21-14/h13-14,17H,3-12H2,1-2H3,(H,18,19). The molecule has 2 atom stereocenters. The normalized spacial score (nSPS) is 29.2. The first-order chi connectivity index (χ1) is 10.1. The summed E-state index contributed by atoms with van der Waals surface area (Å²) in [6.45, 7) is 8.95. The van der Waals surface area contributed by atoms with Gasteiger partial charge in [0.15, 0.2) is 0 Å². The van der Waals surface area contributed by atoms with Crippen LogP contribution in [0.5, 0.6) is 0 Å². The lowest BCUT2D eigenvalue weighted by atomic mass is 9.75. The fourth-order valence-electron chi connectivity index (χ4n) is 3.20. The highest BCUT2D eigenvalue weighted by atomic mass is 16.5. The summed E-state index contributed by atoms with van der Waals surface area (Å²) in [4.78, 5) is 12.4. The molecule has 2 saturated heterocycles. The molecule has 2 heterocycles. The maximum absolute atomic E-state index is 12.4. The topological polar surface area (TPSA) is 59.6 Å². The van der Waals surface area contributed by atoms with Crippen LogP contribution in [0.3, 0.4) is 0 Å². The van der Waals surface area contributed by atoms with Gasteiger partial charge in [-0.05, 0) is 38.1 Å². The van der Waals surface area contributed by atoms with Crippen molar-refractivity contribution < 1.29 is 14.3 Å². The molecule has 2 fully saturated rings. The van der Waals surface area contributed by atoms with Crippen LogP contribution in [-0.4, -0.2) is 51.5 Å². The average molecular weight is 298 g/mol. The summed E-state index contributed by atoms with van der Waals surface area (Å²) in [6.07, 6.45) is 4.34. The molecule has 0 aromatic heterocycles. The summed E-state index contributed by atoms with van der Waals surface area (Å²) >= 11 is 0. The highest BCUT2D eigenvalue weighted by Crippen LogP contribution is 2.34. The van der Waals surface area contributed by atoms with Crippen molar-refractivity contribution in [3.8, 4) is 0 Å². The second-order valence-electron chi connectivity index (χ2n) is 6.56. The smallest absolute Gasteiger partial charge is 0.227 e. The Kier molecular flexibility index (Phi) is 6.45. The van der Waals surface area contributed by atoms with Crippen LogP contribution in [0.2, 0.25) is 0 Å². The largest absolute Gasteiger partial charge is 0.379 e. The van der Waals surface area contributed by atoms with Gasteiger partial charge in [0.2, 0.25) is 5.91 Å². The third-order valence-corrected chi connectivity index (χ3v) is 4.82. The number of amides is 1. The van der Waals surface area contributed by atoms with Gasteiger partial charge in [-0.15, -0.1) is 0 Å². The first-order valence-electron chi connectivity index (χ1n) is 8.33. The van der Waals surface area contributed by atoms with E-state index < -0.39 is 0 Å². The molecule has 1 amide bonds. The van der Waals surface area contributed by atoms with Gasteiger partial charge >= 0.3 is 0 Å². The number of ether oxygens (including phenoxy) is 2. The van der Waals surface area contributed by atoms with E-state index in [0.29, 0.717) is 25.7 Å². The van der Waals surface area contributed by atoms with E-state index in [2.05, 4.69) is 24.5 Å².